The molecule has 0 saturated heterocycles. The highest BCUT2D eigenvalue weighted by Crippen LogP contribution is 2.31. The summed E-state index contributed by atoms with van der Waals surface area (Å²) in [5, 5.41) is 23.2. The molecule has 0 bridgehead atoms. The predicted octanol–water partition coefficient (Wildman–Crippen LogP) is 2.85. The normalized spacial score (nSPS) is 16.3. The van der Waals surface area contributed by atoms with Gasteiger partial charge in [0.1, 0.15) is 5.54 Å². The predicted molar refractivity (Wildman–Crippen MR) is 83.5 cm³/mol. The number of amides is 1. The molecule has 1 aromatic rings. The Morgan fingerprint density at radius 1 is 1.30 bits per heavy atom. The van der Waals surface area contributed by atoms with E-state index in [9.17, 15) is 24.8 Å². The van der Waals surface area contributed by atoms with E-state index >= 15 is 0 Å². The number of carboxylic acids is 1. The van der Waals surface area contributed by atoms with Crippen molar-refractivity contribution in [1.82, 2.24) is 5.32 Å². The first kappa shape index (κ1) is 16.9. The van der Waals surface area contributed by atoms with Crippen LogP contribution in [-0.4, -0.2) is 27.4 Å². The number of carboxylic acid groups (broad SMARTS) is 1. The Morgan fingerprint density at radius 2 is 1.91 bits per heavy atom. The number of nitro groups is 1. The van der Waals surface area contributed by atoms with Gasteiger partial charge in [-0.3, -0.25) is 14.9 Å². The number of hydrogen-bond acceptors (Lipinski definition) is 4. The van der Waals surface area contributed by atoms with Crippen LogP contribution >= 0.6 is 0 Å². The number of carbonyl (C=O) groups excluding carboxylic acids is 1. The van der Waals surface area contributed by atoms with Crippen LogP contribution in [0.3, 0.4) is 0 Å². The molecule has 0 radical (unpaired) electrons. The molecule has 2 rings (SSSR count). The molecule has 0 aromatic heterocycles. The van der Waals surface area contributed by atoms with E-state index in [1.807, 2.05) is 13.8 Å². The van der Waals surface area contributed by atoms with Gasteiger partial charge in [-0.15, -0.1) is 0 Å². The highest BCUT2D eigenvalue weighted by Gasteiger charge is 2.42. The monoisotopic (exact) mass is 320 g/mol. The van der Waals surface area contributed by atoms with Gasteiger partial charge in [-0.05, 0) is 24.8 Å². The molecule has 0 heterocycles. The molecule has 1 fully saturated rings. The maximum absolute atomic E-state index is 12.4. The van der Waals surface area contributed by atoms with Crippen molar-refractivity contribution in [2.24, 2.45) is 0 Å². The Morgan fingerprint density at radius 3 is 2.39 bits per heavy atom. The molecule has 0 atom stereocenters. The molecule has 0 spiro atoms. The van der Waals surface area contributed by atoms with Crippen molar-refractivity contribution in [3.63, 3.8) is 0 Å². The molecule has 2 N–H and O–H groups in total. The van der Waals surface area contributed by atoms with Crippen molar-refractivity contribution in [3.8, 4) is 0 Å². The standard InChI is InChI=1S/C16H20N2O5/c1-10(2)12-6-5-11(9-13(12)18(22)23)14(19)17-16(15(20)21)7-3-4-8-16/h5-6,9-10H,3-4,7-8H2,1-2H3,(H,17,19)(H,20,21). The maximum Gasteiger partial charge on any atom is 0.329 e. The summed E-state index contributed by atoms with van der Waals surface area (Å²) in [4.78, 5) is 34.5. The minimum absolute atomic E-state index is 0.0484. The first-order chi connectivity index (χ1) is 10.8. The molecule has 0 aliphatic heterocycles. The number of nitro benzene ring substituents is 1. The second-order valence-corrected chi connectivity index (χ2v) is 6.23. The number of benzene rings is 1. The summed E-state index contributed by atoms with van der Waals surface area (Å²) in [6, 6.07) is 4.27. The molecule has 23 heavy (non-hydrogen) atoms. The van der Waals surface area contributed by atoms with E-state index in [1.165, 1.54) is 12.1 Å². The fraction of sp³-hybridized carbons (Fsp3) is 0.500. The fourth-order valence-corrected chi connectivity index (χ4v) is 2.99. The van der Waals surface area contributed by atoms with Crippen molar-refractivity contribution in [2.75, 3.05) is 0 Å². The SMILES string of the molecule is CC(C)c1ccc(C(=O)NC2(C(=O)O)CCCC2)cc1[N+](=O)[O-]. The van der Waals surface area contributed by atoms with E-state index in [1.54, 1.807) is 6.07 Å². The number of rotatable bonds is 5. The molecular weight excluding hydrogens is 300 g/mol. The lowest BCUT2D eigenvalue weighted by molar-refractivity contribution is -0.385. The van der Waals surface area contributed by atoms with Gasteiger partial charge >= 0.3 is 5.97 Å². The van der Waals surface area contributed by atoms with Crippen LogP contribution < -0.4 is 5.32 Å². The second kappa shape index (κ2) is 6.36. The number of nitrogens with zero attached hydrogens (tertiary/aromatic N) is 1. The van der Waals surface area contributed by atoms with Crippen LogP contribution in [0.1, 0.15) is 61.4 Å². The Bertz CT molecular complexity index is 648. The minimum atomic E-state index is -1.26. The summed E-state index contributed by atoms with van der Waals surface area (Å²) in [6.45, 7) is 3.67. The molecule has 1 saturated carbocycles. The van der Waals surface area contributed by atoms with Crippen LogP contribution in [0.25, 0.3) is 0 Å². The Hall–Kier alpha value is -2.44. The topological polar surface area (TPSA) is 110 Å². The zero-order chi connectivity index (χ0) is 17.2. The van der Waals surface area contributed by atoms with Gasteiger partial charge in [-0.2, -0.15) is 0 Å². The van der Waals surface area contributed by atoms with Crippen LogP contribution in [0.5, 0.6) is 0 Å². The third-order valence-electron chi connectivity index (χ3n) is 4.33. The van der Waals surface area contributed by atoms with Crippen molar-refractivity contribution in [2.45, 2.75) is 51.0 Å². The van der Waals surface area contributed by atoms with Crippen LogP contribution in [-0.2, 0) is 4.79 Å². The van der Waals surface area contributed by atoms with E-state index < -0.39 is 22.3 Å². The Balaban J connectivity index is 2.31. The molecule has 1 aliphatic carbocycles. The van der Waals surface area contributed by atoms with Crippen LogP contribution in [0.15, 0.2) is 18.2 Å². The lowest BCUT2D eigenvalue weighted by atomic mass is 9.96. The van der Waals surface area contributed by atoms with E-state index in [-0.39, 0.29) is 17.2 Å². The van der Waals surface area contributed by atoms with Gasteiger partial charge in [0.2, 0.25) is 0 Å². The third-order valence-corrected chi connectivity index (χ3v) is 4.33. The smallest absolute Gasteiger partial charge is 0.329 e. The molecule has 124 valence electrons. The van der Waals surface area contributed by atoms with Crippen LogP contribution in [0.4, 0.5) is 5.69 Å². The fourth-order valence-electron chi connectivity index (χ4n) is 2.99. The van der Waals surface area contributed by atoms with Crippen molar-refractivity contribution in [1.29, 1.82) is 0 Å². The number of aliphatic carboxylic acids is 1. The zero-order valence-corrected chi connectivity index (χ0v) is 13.2. The average Bonchev–Trinajstić information content (AvgIpc) is 2.96. The van der Waals surface area contributed by atoms with E-state index in [0.717, 1.165) is 12.8 Å². The summed E-state index contributed by atoms with van der Waals surface area (Å²) in [6.07, 6.45) is 2.22. The Kier molecular flexibility index (Phi) is 4.68. The van der Waals surface area contributed by atoms with Crippen molar-refractivity contribution in [3.05, 3.63) is 39.4 Å². The van der Waals surface area contributed by atoms with Gasteiger partial charge in [-0.25, -0.2) is 4.79 Å². The van der Waals surface area contributed by atoms with Gasteiger partial charge in [0, 0.05) is 17.2 Å². The molecule has 1 aliphatic rings. The lowest BCUT2D eigenvalue weighted by Gasteiger charge is -2.25. The van der Waals surface area contributed by atoms with Gasteiger partial charge in [0.15, 0.2) is 0 Å². The molecule has 1 aromatic carbocycles. The zero-order valence-electron chi connectivity index (χ0n) is 13.2. The summed E-state index contributed by atoms with van der Waals surface area (Å²) in [5.41, 5.74) is -0.736. The first-order valence-corrected chi connectivity index (χ1v) is 7.61. The van der Waals surface area contributed by atoms with E-state index in [2.05, 4.69) is 5.32 Å². The number of carbonyl (C=O) groups is 2. The molecule has 7 nitrogen and oxygen atoms in total. The van der Waals surface area contributed by atoms with Crippen molar-refractivity contribution >= 4 is 17.6 Å². The molecule has 1 amide bonds. The van der Waals surface area contributed by atoms with E-state index in [0.29, 0.717) is 18.4 Å². The van der Waals surface area contributed by atoms with Gasteiger partial charge in [0.05, 0.1) is 4.92 Å². The van der Waals surface area contributed by atoms with Gasteiger partial charge < -0.3 is 10.4 Å². The average molecular weight is 320 g/mol. The summed E-state index contributed by atoms with van der Waals surface area (Å²) in [7, 11) is 0. The molecular formula is C16H20N2O5. The molecule has 7 heteroatoms. The Labute approximate surface area is 133 Å². The minimum Gasteiger partial charge on any atom is -0.480 e. The largest absolute Gasteiger partial charge is 0.480 e. The second-order valence-electron chi connectivity index (χ2n) is 6.23. The van der Waals surface area contributed by atoms with Gasteiger partial charge in [0.25, 0.3) is 11.6 Å². The summed E-state index contributed by atoms with van der Waals surface area (Å²) in [5.74, 6) is -1.70. The van der Waals surface area contributed by atoms with Crippen molar-refractivity contribution < 1.29 is 19.6 Å². The van der Waals surface area contributed by atoms with E-state index in [4.69, 9.17) is 0 Å². The third kappa shape index (κ3) is 3.33. The molecule has 0 unspecified atom stereocenters. The number of nitrogens with one attached hydrogen (secondary N) is 1. The lowest BCUT2D eigenvalue weighted by Crippen LogP contribution is -2.52. The summed E-state index contributed by atoms with van der Waals surface area (Å²) >= 11 is 0. The highest BCUT2D eigenvalue weighted by atomic mass is 16.6. The quantitative estimate of drug-likeness (QED) is 0.640. The summed E-state index contributed by atoms with van der Waals surface area (Å²) < 4.78 is 0. The number of hydrogen-bond donors (Lipinski definition) is 2. The van der Waals surface area contributed by atoms with Gasteiger partial charge in [-0.1, -0.05) is 32.8 Å². The maximum atomic E-state index is 12.4. The van der Waals surface area contributed by atoms with Crippen LogP contribution in [0.2, 0.25) is 0 Å². The van der Waals surface area contributed by atoms with Crippen LogP contribution in [0, 0.1) is 10.1 Å². The highest BCUT2D eigenvalue weighted by molar-refractivity contribution is 5.98. The first-order valence-electron chi connectivity index (χ1n) is 7.61.